The SMILES string of the molecule is Cc1cccc(NC(=O)c2cncc(N3CCN(C(=O)c4ccco4)CC3)c2)c1. The number of pyridine rings is 1. The lowest BCUT2D eigenvalue weighted by Gasteiger charge is -2.35. The minimum absolute atomic E-state index is 0.0981. The number of carbonyl (C=O) groups is 2. The average molecular weight is 390 g/mol. The van der Waals surface area contributed by atoms with Crippen molar-refractivity contribution in [3.05, 3.63) is 78.0 Å². The van der Waals surface area contributed by atoms with Crippen molar-refractivity contribution < 1.29 is 14.0 Å². The van der Waals surface area contributed by atoms with Crippen molar-refractivity contribution >= 4 is 23.2 Å². The molecule has 29 heavy (non-hydrogen) atoms. The van der Waals surface area contributed by atoms with Gasteiger partial charge in [-0.15, -0.1) is 0 Å². The van der Waals surface area contributed by atoms with E-state index in [1.54, 1.807) is 29.4 Å². The van der Waals surface area contributed by atoms with Crippen LogP contribution in [-0.4, -0.2) is 47.9 Å². The molecule has 148 valence electrons. The number of benzene rings is 1. The predicted molar refractivity (Wildman–Crippen MR) is 110 cm³/mol. The number of hydrogen-bond donors (Lipinski definition) is 1. The maximum absolute atomic E-state index is 12.6. The zero-order chi connectivity index (χ0) is 20.2. The quantitative estimate of drug-likeness (QED) is 0.740. The minimum atomic E-state index is -0.198. The highest BCUT2D eigenvalue weighted by Gasteiger charge is 2.24. The number of anilines is 2. The number of nitrogens with one attached hydrogen (secondary N) is 1. The van der Waals surface area contributed by atoms with Gasteiger partial charge < -0.3 is 19.5 Å². The molecule has 0 spiro atoms. The molecule has 1 saturated heterocycles. The third-order valence-electron chi connectivity index (χ3n) is 4.93. The van der Waals surface area contributed by atoms with Crippen LogP contribution in [0.4, 0.5) is 11.4 Å². The fourth-order valence-electron chi connectivity index (χ4n) is 3.37. The van der Waals surface area contributed by atoms with Gasteiger partial charge in [0, 0.05) is 38.1 Å². The van der Waals surface area contributed by atoms with Crippen LogP contribution in [0.3, 0.4) is 0 Å². The second kappa shape index (κ2) is 8.18. The molecule has 0 bridgehead atoms. The highest BCUT2D eigenvalue weighted by molar-refractivity contribution is 6.04. The van der Waals surface area contributed by atoms with Crippen molar-refractivity contribution in [2.75, 3.05) is 36.4 Å². The molecule has 4 rings (SSSR count). The van der Waals surface area contributed by atoms with Gasteiger partial charge in [-0.1, -0.05) is 12.1 Å². The Morgan fingerprint density at radius 3 is 2.59 bits per heavy atom. The Morgan fingerprint density at radius 1 is 1.03 bits per heavy atom. The Bertz CT molecular complexity index is 1010. The van der Waals surface area contributed by atoms with Crippen LogP contribution in [0.15, 0.2) is 65.5 Å². The molecule has 2 aromatic heterocycles. The molecule has 0 radical (unpaired) electrons. The highest BCUT2D eigenvalue weighted by atomic mass is 16.3. The van der Waals surface area contributed by atoms with Crippen molar-refractivity contribution in [3.8, 4) is 0 Å². The second-order valence-electron chi connectivity index (χ2n) is 7.01. The first-order valence-corrected chi connectivity index (χ1v) is 9.51. The largest absolute Gasteiger partial charge is 0.459 e. The second-order valence-corrected chi connectivity index (χ2v) is 7.01. The molecular formula is C22H22N4O3. The van der Waals surface area contributed by atoms with Crippen molar-refractivity contribution in [2.24, 2.45) is 0 Å². The van der Waals surface area contributed by atoms with Gasteiger partial charge in [0.05, 0.1) is 23.7 Å². The van der Waals surface area contributed by atoms with Gasteiger partial charge in [-0.3, -0.25) is 14.6 Å². The summed E-state index contributed by atoms with van der Waals surface area (Å²) in [5.74, 6) is 0.0607. The number of hydrogen-bond acceptors (Lipinski definition) is 5. The van der Waals surface area contributed by atoms with Crippen molar-refractivity contribution in [1.29, 1.82) is 0 Å². The lowest BCUT2D eigenvalue weighted by atomic mass is 10.2. The van der Waals surface area contributed by atoms with Crippen LogP contribution < -0.4 is 10.2 Å². The fourth-order valence-corrected chi connectivity index (χ4v) is 3.37. The van der Waals surface area contributed by atoms with E-state index >= 15 is 0 Å². The van der Waals surface area contributed by atoms with E-state index in [2.05, 4.69) is 15.2 Å². The van der Waals surface area contributed by atoms with Gasteiger partial charge in [0.2, 0.25) is 0 Å². The van der Waals surface area contributed by atoms with Crippen molar-refractivity contribution in [3.63, 3.8) is 0 Å². The molecule has 7 nitrogen and oxygen atoms in total. The summed E-state index contributed by atoms with van der Waals surface area (Å²) >= 11 is 0. The molecule has 0 aliphatic carbocycles. The first-order valence-electron chi connectivity index (χ1n) is 9.51. The third-order valence-corrected chi connectivity index (χ3v) is 4.93. The molecule has 7 heteroatoms. The predicted octanol–water partition coefficient (Wildman–Crippen LogP) is 3.20. The lowest BCUT2D eigenvalue weighted by Crippen LogP contribution is -2.48. The van der Waals surface area contributed by atoms with Gasteiger partial charge in [0.1, 0.15) is 0 Å². The summed E-state index contributed by atoms with van der Waals surface area (Å²) in [5, 5.41) is 2.91. The van der Waals surface area contributed by atoms with Gasteiger partial charge in [-0.05, 0) is 42.8 Å². The Morgan fingerprint density at radius 2 is 1.86 bits per heavy atom. The number of rotatable bonds is 4. The summed E-state index contributed by atoms with van der Waals surface area (Å²) in [7, 11) is 0. The average Bonchev–Trinajstić information content (AvgIpc) is 3.28. The van der Waals surface area contributed by atoms with Gasteiger partial charge in [0.15, 0.2) is 5.76 Å². The van der Waals surface area contributed by atoms with E-state index in [0.717, 1.165) is 16.9 Å². The summed E-state index contributed by atoms with van der Waals surface area (Å²) < 4.78 is 5.20. The highest BCUT2D eigenvalue weighted by Crippen LogP contribution is 2.19. The van der Waals surface area contributed by atoms with Gasteiger partial charge >= 0.3 is 0 Å². The van der Waals surface area contributed by atoms with E-state index in [0.29, 0.717) is 37.5 Å². The molecule has 1 fully saturated rings. The molecule has 2 amide bonds. The van der Waals surface area contributed by atoms with E-state index in [4.69, 9.17) is 4.42 Å². The van der Waals surface area contributed by atoms with Crippen LogP contribution in [0.1, 0.15) is 26.5 Å². The summed E-state index contributed by atoms with van der Waals surface area (Å²) in [4.78, 5) is 33.1. The summed E-state index contributed by atoms with van der Waals surface area (Å²) in [6, 6.07) is 12.9. The van der Waals surface area contributed by atoms with Crippen molar-refractivity contribution in [2.45, 2.75) is 6.92 Å². The Labute approximate surface area is 169 Å². The zero-order valence-corrected chi connectivity index (χ0v) is 16.2. The van der Waals surface area contributed by atoms with Gasteiger partial charge in [0.25, 0.3) is 11.8 Å². The number of piperazine rings is 1. The number of aromatic nitrogens is 1. The number of amides is 2. The summed E-state index contributed by atoms with van der Waals surface area (Å²) in [6.07, 6.45) is 4.81. The molecule has 1 aliphatic heterocycles. The van der Waals surface area contributed by atoms with Crippen LogP contribution in [0.5, 0.6) is 0 Å². The Hall–Kier alpha value is -3.61. The van der Waals surface area contributed by atoms with Crippen LogP contribution in [-0.2, 0) is 0 Å². The van der Waals surface area contributed by atoms with Crippen molar-refractivity contribution in [1.82, 2.24) is 9.88 Å². The molecule has 0 atom stereocenters. The maximum Gasteiger partial charge on any atom is 0.289 e. The van der Waals surface area contributed by atoms with E-state index in [-0.39, 0.29) is 11.8 Å². The van der Waals surface area contributed by atoms with E-state index < -0.39 is 0 Å². The van der Waals surface area contributed by atoms with E-state index in [9.17, 15) is 9.59 Å². The molecule has 0 unspecified atom stereocenters. The fraction of sp³-hybridized carbons (Fsp3) is 0.227. The normalized spacial score (nSPS) is 14.0. The lowest BCUT2D eigenvalue weighted by molar-refractivity contribution is 0.0714. The molecule has 1 N–H and O–H groups in total. The molecule has 3 heterocycles. The number of aryl methyl sites for hydroxylation is 1. The molecule has 3 aromatic rings. The minimum Gasteiger partial charge on any atom is -0.459 e. The van der Waals surface area contributed by atoms with E-state index in [1.165, 1.54) is 6.26 Å². The summed E-state index contributed by atoms with van der Waals surface area (Å²) in [6.45, 7) is 4.47. The standard InChI is InChI=1S/C22H22N4O3/c1-16-4-2-5-18(12-16)24-21(27)17-13-19(15-23-14-17)25-7-9-26(10-8-25)22(28)20-6-3-11-29-20/h2-6,11-15H,7-10H2,1H3,(H,24,27). The molecule has 0 saturated carbocycles. The number of nitrogens with zero attached hydrogens (tertiary/aromatic N) is 3. The number of carbonyl (C=O) groups excluding carboxylic acids is 2. The maximum atomic E-state index is 12.6. The monoisotopic (exact) mass is 390 g/mol. The number of furan rings is 1. The first kappa shape index (κ1) is 18.7. The van der Waals surface area contributed by atoms with Gasteiger partial charge in [-0.2, -0.15) is 0 Å². The summed E-state index contributed by atoms with van der Waals surface area (Å²) in [5.41, 5.74) is 3.20. The Kier molecular flexibility index (Phi) is 5.29. The van der Waals surface area contributed by atoms with Gasteiger partial charge in [-0.25, -0.2) is 0 Å². The topological polar surface area (TPSA) is 78.7 Å². The van der Waals surface area contributed by atoms with Crippen LogP contribution in [0.2, 0.25) is 0 Å². The first-order chi connectivity index (χ1) is 14.1. The van der Waals surface area contributed by atoms with Crippen LogP contribution in [0, 0.1) is 6.92 Å². The zero-order valence-electron chi connectivity index (χ0n) is 16.2. The third kappa shape index (κ3) is 4.29. The van der Waals surface area contributed by atoms with Crippen LogP contribution in [0.25, 0.3) is 0 Å². The molecule has 1 aromatic carbocycles. The van der Waals surface area contributed by atoms with Crippen LogP contribution >= 0.6 is 0 Å². The molecular weight excluding hydrogens is 368 g/mol. The smallest absolute Gasteiger partial charge is 0.289 e. The Balaban J connectivity index is 1.40. The van der Waals surface area contributed by atoms with E-state index in [1.807, 2.05) is 37.3 Å². The molecule has 1 aliphatic rings.